The largest absolute Gasteiger partial charge is 0.338 e. The minimum absolute atomic E-state index is 0. The molecule has 3 aromatic rings. The number of hydrogen-bond donors (Lipinski definition) is 1. The normalized spacial score (nSPS) is 13.8. The van der Waals surface area contributed by atoms with Crippen molar-refractivity contribution in [3.8, 4) is 11.4 Å². The van der Waals surface area contributed by atoms with Crippen LogP contribution in [0, 0.1) is 0 Å². The first kappa shape index (κ1) is 13.5. The van der Waals surface area contributed by atoms with Crippen LogP contribution in [0.25, 0.3) is 22.4 Å². The predicted molar refractivity (Wildman–Crippen MR) is 85.6 cm³/mol. The zero-order valence-electron chi connectivity index (χ0n) is 10.8. The van der Waals surface area contributed by atoms with Crippen LogP contribution >= 0.6 is 24.2 Å². The standard InChI is InChI=1S/C15H13N3S.ClH/c1-2-10-8-11(3-4-14(10)19-7-1)15-17-12-5-6-16-9-13(12)18-15;/h3-6,8-9H,1-2,7H2,(H,17,18);1H. The number of nitrogens with zero attached hydrogens (tertiary/aromatic N) is 2. The Labute approximate surface area is 127 Å². The van der Waals surface area contributed by atoms with Gasteiger partial charge in [-0.2, -0.15) is 0 Å². The molecular formula is C15H14ClN3S. The first-order valence-electron chi connectivity index (χ1n) is 6.46. The van der Waals surface area contributed by atoms with Crippen LogP contribution in [0.2, 0.25) is 0 Å². The fourth-order valence-corrected chi connectivity index (χ4v) is 3.52. The number of hydrogen-bond acceptors (Lipinski definition) is 3. The van der Waals surface area contributed by atoms with Gasteiger partial charge in [-0.05, 0) is 42.4 Å². The van der Waals surface area contributed by atoms with Crippen LogP contribution in [-0.2, 0) is 6.42 Å². The summed E-state index contributed by atoms with van der Waals surface area (Å²) in [6.07, 6.45) is 6.03. The van der Waals surface area contributed by atoms with Crippen LogP contribution in [0.15, 0.2) is 41.6 Å². The molecule has 1 aromatic carbocycles. The van der Waals surface area contributed by atoms with Crippen molar-refractivity contribution in [3.63, 3.8) is 0 Å². The lowest BCUT2D eigenvalue weighted by molar-refractivity contribution is 0.890. The summed E-state index contributed by atoms with van der Waals surface area (Å²) >= 11 is 1.96. The van der Waals surface area contributed by atoms with E-state index < -0.39 is 0 Å². The van der Waals surface area contributed by atoms with Gasteiger partial charge in [0.2, 0.25) is 0 Å². The maximum Gasteiger partial charge on any atom is 0.138 e. The van der Waals surface area contributed by atoms with E-state index >= 15 is 0 Å². The zero-order valence-corrected chi connectivity index (χ0v) is 12.4. The van der Waals surface area contributed by atoms with Crippen LogP contribution in [0.5, 0.6) is 0 Å². The third-order valence-electron chi connectivity index (χ3n) is 3.47. The Kier molecular flexibility index (Phi) is 3.68. The van der Waals surface area contributed by atoms with Gasteiger partial charge in [0.1, 0.15) is 11.3 Å². The number of H-pyrrole nitrogens is 1. The van der Waals surface area contributed by atoms with Gasteiger partial charge in [-0.15, -0.1) is 24.2 Å². The van der Waals surface area contributed by atoms with Crippen molar-refractivity contribution in [3.05, 3.63) is 42.2 Å². The summed E-state index contributed by atoms with van der Waals surface area (Å²) in [7, 11) is 0. The molecule has 0 fully saturated rings. The lowest BCUT2D eigenvalue weighted by atomic mass is 10.1. The van der Waals surface area contributed by atoms with E-state index in [4.69, 9.17) is 0 Å². The van der Waals surface area contributed by atoms with E-state index in [0.29, 0.717) is 0 Å². The summed E-state index contributed by atoms with van der Waals surface area (Å²) < 4.78 is 0. The maximum absolute atomic E-state index is 4.61. The van der Waals surface area contributed by atoms with Crippen molar-refractivity contribution >= 4 is 35.2 Å². The maximum atomic E-state index is 4.61. The van der Waals surface area contributed by atoms with Gasteiger partial charge in [0.05, 0.1) is 11.7 Å². The van der Waals surface area contributed by atoms with Crippen molar-refractivity contribution in [2.75, 3.05) is 5.75 Å². The molecule has 2 aromatic heterocycles. The molecule has 0 radical (unpaired) electrons. The molecule has 4 rings (SSSR count). The molecule has 1 N–H and O–H groups in total. The monoisotopic (exact) mass is 303 g/mol. The Bertz CT molecular complexity index is 721. The Morgan fingerprint density at radius 1 is 1.20 bits per heavy atom. The van der Waals surface area contributed by atoms with E-state index in [1.165, 1.54) is 29.1 Å². The van der Waals surface area contributed by atoms with Gasteiger partial charge in [-0.25, -0.2) is 4.98 Å². The zero-order chi connectivity index (χ0) is 12.7. The van der Waals surface area contributed by atoms with Crippen molar-refractivity contribution in [2.45, 2.75) is 17.7 Å². The molecule has 0 amide bonds. The van der Waals surface area contributed by atoms with Crippen LogP contribution in [-0.4, -0.2) is 20.7 Å². The van der Waals surface area contributed by atoms with Gasteiger partial charge in [0.15, 0.2) is 0 Å². The summed E-state index contributed by atoms with van der Waals surface area (Å²) in [4.78, 5) is 13.5. The number of rotatable bonds is 1. The second kappa shape index (κ2) is 5.46. The fourth-order valence-electron chi connectivity index (χ4n) is 2.50. The summed E-state index contributed by atoms with van der Waals surface area (Å²) in [6, 6.07) is 8.61. The highest BCUT2D eigenvalue weighted by Crippen LogP contribution is 2.32. The van der Waals surface area contributed by atoms with E-state index in [-0.39, 0.29) is 12.4 Å². The van der Waals surface area contributed by atoms with Gasteiger partial charge in [-0.3, -0.25) is 4.98 Å². The van der Waals surface area contributed by atoms with E-state index in [0.717, 1.165) is 22.4 Å². The number of aryl methyl sites for hydroxylation is 1. The van der Waals surface area contributed by atoms with E-state index in [9.17, 15) is 0 Å². The lowest BCUT2D eigenvalue weighted by Crippen LogP contribution is -1.98. The van der Waals surface area contributed by atoms with Crippen molar-refractivity contribution < 1.29 is 0 Å². The number of halogens is 1. The molecule has 3 heterocycles. The second-order valence-electron chi connectivity index (χ2n) is 4.75. The lowest BCUT2D eigenvalue weighted by Gasteiger charge is -2.15. The molecule has 1 aliphatic heterocycles. The fraction of sp³-hybridized carbons (Fsp3) is 0.200. The molecule has 3 nitrogen and oxygen atoms in total. The third-order valence-corrected chi connectivity index (χ3v) is 4.67. The molecule has 0 saturated carbocycles. The molecule has 0 atom stereocenters. The van der Waals surface area contributed by atoms with Crippen molar-refractivity contribution in [1.82, 2.24) is 15.0 Å². The molecule has 0 unspecified atom stereocenters. The molecule has 20 heavy (non-hydrogen) atoms. The Hall–Kier alpha value is -1.52. The number of aromatic nitrogens is 3. The number of nitrogens with one attached hydrogen (secondary N) is 1. The average Bonchev–Trinajstić information content (AvgIpc) is 2.90. The molecular weight excluding hydrogens is 290 g/mol. The van der Waals surface area contributed by atoms with Gasteiger partial charge < -0.3 is 4.98 Å². The molecule has 1 aliphatic rings. The Balaban J connectivity index is 0.00000121. The summed E-state index contributed by atoms with van der Waals surface area (Å²) in [5.74, 6) is 2.17. The number of benzene rings is 1. The first-order chi connectivity index (χ1) is 9.40. The smallest absolute Gasteiger partial charge is 0.138 e. The van der Waals surface area contributed by atoms with Crippen molar-refractivity contribution in [2.24, 2.45) is 0 Å². The topological polar surface area (TPSA) is 41.6 Å². The van der Waals surface area contributed by atoms with E-state index in [1.807, 2.05) is 17.8 Å². The summed E-state index contributed by atoms with van der Waals surface area (Å²) in [6.45, 7) is 0. The number of fused-ring (bicyclic) bond motifs is 2. The molecule has 0 bridgehead atoms. The van der Waals surface area contributed by atoms with Gasteiger partial charge in [-0.1, -0.05) is 6.07 Å². The van der Waals surface area contributed by atoms with E-state index in [1.54, 1.807) is 12.4 Å². The second-order valence-corrected chi connectivity index (χ2v) is 5.89. The van der Waals surface area contributed by atoms with Crippen molar-refractivity contribution in [1.29, 1.82) is 0 Å². The number of aromatic amines is 1. The summed E-state index contributed by atoms with van der Waals surface area (Å²) in [5.41, 5.74) is 4.58. The number of pyridine rings is 1. The minimum atomic E-state index is 0. The molecule has 5 heteroatoms. The van der Waals surface area contributed by atoms with Crippen LogP contribution in [0.3, 0.4) is 0 Å². The molecule has 0 spiro atoms. The molecule has 0 aliphatic carbocycles. The first-order valence-corrected chi connectivity index (χ1v) is 7.44. The Morgan fingerprint density at radius 2 is 2.15 bits per heavy atom. The minimum Gasteiger partial charge on any atom is -0.338 e. The molecule has 102 valence electrons. The highest BCUT2D eigenvalue weighted by atomic mass is 35.5. The van der Waals surface area contributed by atoms with Crippen LogP contribution in [0.1, 0.15) is 12.0 Å². The summed E-state index contributed by atoms with van der Waals surface area (Å²) in [5, 5.41) is 0. The van der Waals surface area contributed by atoms with Gasteiger partial charge >= 0.3 is 0 Å². The highest BCUT2D eigenvalue weighted by Gasteiger charge is 2.12. The molecule has 0 saturated heterocycles. The SMILES string of the molecule is Cl.c1cc2[nH]c(-c3ccc4c(c3)CCCS4)nc2cn1. The third kappa shape index (κ3) is 2.30. The van der Waals surface area contributed by atoms with Crippen LogP contribution < -0.4 is 0 Å². The van der Waals surface area contributed by atoms with Gasteiger partial charge in [0.25, 0.3) is 0 Å². The van der Waals surface area contributed by atoms with E-state index in [2.05, 4.69) is 33.2 Å². The Morgan fingerprint density at radius 3 is 3.05 bits per heavy atom. The average molecular weight is 304 g/mol. The number of thioether (sulfide) groups is 1. The highest BCUT2D eigenvalue weighted by molar-refractivity contribution is 7.99. The number of imidazole rings is 1. The quantitative estimate of drug-likeness (QED) is 0.736. The van der Waals surface area contributed by atoms with Gasteiger partial charge in [0, 0.05) is 16.7 Å². The van der Waals surface area contributed by atoms with Crippen LogP contribution in [0.4, 0.5) is 0 Å². The predicted octanol–water partition coefficient (Wildman–Crippen LogP) is 4.09.